The van der Waals surface area contributed by atoms with Crippen molar-refractivity contribution < 1.29 is 18.3 Å². The molecule has 0 saturated heterocycles. The summed E-state index contributed by atoms with van der Waals surface area (Å²) in [5, 5.41) is 0. The van der Waals surface area contributed by atoms with Crippen LogP contribution in [0.4, 0.5) is 0 Å². The van der Waals surface area contributed by atoms with E-state index in [2.05, 4.69) is 11.3 Å². The van der Waals surface area contributed by atoms with Crippen LogP contribution >= 0.6 is 0 Å². The summed E-state index contributed by atoms with van der Waals surface area (Å²) in [6, 6.07) is 0. The van der Waals surface area contributed by atoms with E-state index in [1.165, 1.54) is 0 Å². The lowest BCUT2D eigenvalue weighted by atomic mass is 10.6. The molecule has 0 amide bonds. The van der Waals surface area contributed by atoms with Gasteiger partial charge >= 0.3 is 5.97 Å². The van der Waals surface area contributed by atoms with E-state index in [4.69, 9.17) is 0 Å². The van der Waals surface area contributed by atoms with Crippen LogP contribution in [0.5, 0.6) is 0 Å². The molecule has 0 fully saturated rings. The van der Waals surface area contributed by atoms with Crippen molar-refractivity contribution in [3.8, 4) is 0 Å². The molecule has 0 aliphatic heterocycles. The molecule has 0 aliphatic carbocycles. The van der Waals surface area contributed by atoms with Gasteiger partial charge in [0.2, 0.25) is 0 Å². The summed E-state index contributed by atoms with van der Waals surface area (Å²) in [5.41, 5.74) is 0. The normalized spacial score (nSPS) is 12.1. The Kier molecular flexibility index (Phi) is 5.63. The van der Waals surface area contributed by atoms with Crippen molar-refractivity contribution in [1.82, 2.24) is 4.72 Å². The Hall–Kier alpha value is -0.720. The van der Waals surface area contributed by atoms with Crippen LogP contribution in [0, 0.1) is 0 Å². The quantitative estimate of drug-likeness (QED) is 0.256. The zero-order valence-corrected chi connectivity index (χ0v) is 6.56. The Morgan fingerprint density at radius 2 is 2.45 bits per heavy atom. The zero-order valence-electron chi connectivity index (χ0n) is 5.74. The minimum atomic E-state index is -2.30. The van der Waals surface area contributed by atoms with E-state index >= 15 is 0 Å². The SMILES string of the molecule is C=CC(=O)OCCNS(=O)[O-]. The van der Waals surface area contributed by atoms with Gasteiger partial charge in [-0.1, -0.05) is 6.58 Å². The van der Waals surface area contributed by atoms with Gasteiger partial charge in [0.05, 0.1) is 0 Å². The van der Waals surface area contributed by atoms with Crippen molar-refractivity contribution in [3.05, 3.63) is 12.7 Å². The Morgan fingerprint density at radius 3 is 2.91 bits per heavy atom. The maximum absolute atomic E-state index is 10.3. The molecule has 0 bridgehead atoms. The van der Waals surface area contributed by atoms with Crippen molar-refractivity contribution >= 4 is 17.2 Å². The molecule has 11 heavy (non-hydrogen) atoms. The second-order valence-corrected chi connectivity index (χ2v) is 2.26. The summed E-state index contributed by atoms with van der Waals surface area (Å²) in [6.07, 6.45) is 1.01. The van der Waals surface area contributed by atoms with Crippen molar-refractivity contribution in [3.63, 3.8) is 0 Å². The molecule has 0 radical (unpaired) electrons. The summed E-state index contributed by atoms with van der Waals surface area (Å²) >= 11 is -2.30. The largest absolute Gasteiger partial charge is 0.760 e. The molecule has 1 N–H and O–H groups in total. The van der Waals surface area contributed by atoms with Crippen LogP contribution in [0.1, 0.15) is 0 Å². The van der Waals surface area contributed by atoms with Gasteiger partial charge in [0, 0.05) is 23.9 Å². The van der Waals surface area contributed by atoms with Gasteiger partial charge in [-0.2, -0.15) is 0 Å². The number of ether oxygens (including phenoxy) is 1. The maximum Gasteiger partial charge on any atom is 0.330 e. The minimum absolute atomic E-state index is 0.0127. The molecular weight excluding hydrogens is 170 g/mol. The first-order chi connectivity index (χ1) is 5.16. The zero-order chi connectivity index (χ0) is 8.69. The van der Waals surface area contributed by atoms with E-state index < -0.39 is 17.2 Å². The van der Waals surface area contributed by atoms with Gasteiger partial charge in [-0.15, -0.1) is 0 Å². The van der Waals surface area contributed by atoms with Crippen LogP contribution in [-0.2, 0) is 20.8 Å². The van der Waals surface area contributed by atoms with E-state index in [-0.39, 0.29) is 13.2 Å². The summed E-state index contributed by atoms with van der Waals surface area (Å²) in [7, 11) is 0. The molecule has 64 valence electrons. The third-order valence-electron chi connectivity index (χ3n) is 0.733. The highest BCUT2D eigenvalue weighted by Gasteiger charge is 1.92. The third kappa shape index (κ3) is 7.17. The van der Waals surface area contributed by atoms with Gasteiger partial charge in [-0.3, -0.25) is 4.21 Å². The van der Waals surface area contributed by atoms with Crippen molar-refractivity contribution in [2.75, 3.05) is 13.2 Å². The van der Waals surface area contributed by atoms with Gasteiger partial charge in [0.25, 0.3) is 0 Å². The van der Waals surface area contributed by atoms with Gasteiger partial charge in [0.1, 0.15) is 6.61 Å². The standard InChI is InChI=1S/C5H9NO4S/c1-2-5(7)10-4-3-6-11(8)9/h2,6H,1,3-4H2,(H,8,9)/p-1. The summed E-state index contributed by atoms with van der Waals surface area (Å²) in [4.78, 5) is 10.3. The summed E-state index contributed by atoms with van der Waals surface area (Å²) in [6.45, 7) is 3.25. The van der Waals surface area contributed by atoms with E-state index in [0.29, 0.717) is 0 Å². The maximum atomic E-state index is 10.3. The predicted molar refractivity (Wildman–Crippen MR) is 38.1 cm³/mol. The van der Waals surface area contributed by atoms with Crippen LogP contribution in [0.3, 0.4) is 0 Å². The fourth-order valence-electron chi connectivity index (χ4n) is 0.336. The topological polar surface area (TPSA) is 78.5 Å². The Bertz CT molecular complexity index is 170. The van der Waals surface area contributed by atoms with Crippen LogP contribution in [0.2, 0.25) is 0 Å². The van der Waals surface area contributed by atoms with Crippen LogP contribution in [0.15, 0.2) is 12.7 Å². The highest BCUT2D eigenvalue weighted by atomic mass is 32.2. The molecule has 0 saturated carbocycles. The molecule has 0 aromatic carbocycles. The first kappa shape index (κ1) is 10.3. The van der Waals surface area contributed by atoms with Crippen LogP contribution in [-0.4, -0.2) is 27.9 Å². The molecular formula is C5H8NO4S-. The lowest BCUT2D eigenvalue weighted by Crippen LogP contribution is -2.22. The molecule has 0 aromatic rings. The summed E-state index contributed by atoms with van der Waals surface area (Å²) < 4.78 is 26.2. The van der Waals surface area contributed by atoms with E-state index in [9.17, 15) is 13.6 Å². The first-order valence-electron chi connectivity index (χ1n) is 2.78. The molecule has 1 atom stereocenters. The smallest absolute Gasteiger partial charge is 0.330 e. The predicted octanol–water partition coefficient (Wildman–Crippen LogP) is -0.901. The number of hydrogen-bond donors (Lipinski definition) is 1. The first-order valence-corrected chi connectivity index (χ1v) is 3.86. The number of esters is 1. The molecule has 1 unspecified atom stereocenters. The molecule has 0 rings (SSSR count). The number of nitrogens with one attached hydrogen (secondary N) is 1. The monoisotopic (exact) mass is 178 g/mol. The molecule has 6 heteroatoms. The lowest BCUT2D eigenvalue weighted by Gasteiger charge is -2.06. The van der Waals surface area contributed by atoms with Crippen LogP contribution < -0.4 is 4.72 Å². The van der Waals surface area contributed by atoms with Crippen LogP contribution in [0.25, 0.3) is 0 Å². The van der Waals surface area contributed by atoms with Gasteiger partial charge in [-0.05, 0) is 0 Å². The Balaban J connectivity index is 3.21. The fraction of sp³-hybridized carbons (Fsp3) is 0.400. The minimum Gasteiger partial charge on any atom is -0.760 e. The Labute approximate surface area is 66.8 Å². The number of rotatable bonds is 5. The molecule has 5 nitrogen and oxygen atoms in total. The van der Waals surface area contributed by atoms with Gasteiger partial charge in [-0.25, -0.2) is 9.52 Å². The van der Waals surface area contributed by atoms with Crippen molar-refractivity contribution in [2.45, 2.75) is 0 Å². The van der Waals surface area contributed by atoms with Gasteiger partial charge in [0.15, 0.2) is 0 Å². The number of carbonyl (C=O) groups is 1. The average molecular weight is 178 g/mol. The third-order valence-corrected chi connectivity index (χ3v) is 1.17. The molecule has 0 spiro atoms. The van der Waals surface area contributed by atoms with Crippen molar-refractivity contribution in [1.29, 1.82) is 0 Å². The number of carbonyl (C=O) groups excluding carboxylic acids is 1. The van der Waals surface area contributed by atoms with E-state index in [1.807, 2.05) is 4.72 Å². The second kappa shape index (κ2) is 6.02. The lowest BCUT2D eigenvalue weighted by molar-refractivity contribution is -0.137. The Morgan fingerprint density at radius 1 is 1.82 bits per heavy atom. The second-order valence-electron chi connectivity index (χ2n) is 1.50. The van der Waals surface area contributed by atoms with E-state index in [1.54, 1.807) is 0 Å². The molecule has 0 aliphatic rings. The number of hydrogen-bond acceptors (Lipinski definition) is 4. The summed E-state index contributed by atoms with van der Waals surface area (Å²) in [5.74, 6) is -0.566. The average Bonchev–Trinajstić information content (AvgIpc) is 1.97. The van der Waals surface area contributed by atoms with E-state index in [0.717, 1.165) is 6.08 Å². The highest BCUT2D eigenvalue weighted by Crippen LogP contribution is 1.77. The fourth-order valence-corrected chi connectivity index (χ4v) is 0.586. The highest BCUT2D eigenvalue weighted by molar-refractivity contribution is 7.77. The van der Waals surface area contributed by atoms with Gasteiger partial charge < -0.3 is 9.29 Å². The molecule has 0 aromatic heterocycles. The molecule has 0 heterocycles. The van der Waals surface area contributed by atoms with Crippen molar-refractivity contribution in [2.24, 2.45) is 0 Å².